The molecule has 21 heavy (non-hydrogen) atoms. The molecule has 0 aliphatic carbocycles. The Balaban J connectivity index is 2.22. The molecule has 2 N–H and O–H groups in total. The lowest BCUT2D eigenvalue weighted by Gasteiger charge is -2.38. The summed E-state index contributed by atoms with van der Waals surface area (Å²) in [6.07, 6.45) is 2.02. The third-order valence-electron chi connectivity index (χ3n) is 4.64. The Hall–Kier alpha value is -1.35. The first-order valence-electron chi connectivity index (χ1n) is 8.12. The van der Waals surface area contributed by atoms with Gasteiger partial charge in [0.2, 0.25) is 5.91 Å². The molecule has 2 rings (SSSR count). The molecular formula is C18H28N2O. The highest BCUT2D eigenvalue weighted by Crippen LogP contribution is 2.30. The Bertz CT molecular complexity index is 450. The van der Waals surface area contributed by atoms with Crippen molar-refractivity contribution in [2.75, 3.05) is 13.1 Å². The lowest BCUT2D eigenvalue weighted by atomic mass is 9.83. The summed E-state index contributed by atoms with van der Waals surface area (Å²) in [5.41, 5.74) is 7.24. The molecule has 1 amide bonds. The van der Waals surface area contributed by atoms with Gasteiger partial charge in [0, 0.05) is 19.1 Å². The summed E-state index contributed by atoms with van der Waals surface area (Å²) in [5.74, 6) is 1.03. The molecule has 1 heterocycles. The molecule has 1 saturated heterocycles. The van der Waals surface area contributed by atoms with Crippen LogP contribution in [0.1, 0.15) is 45.1 Å². The Morgan fingerprint density at radius 1 is 1.33 bits per heavy atom. The van der Waals surface area contributed by atoms with Crippen LogP contribution in [0.5, 0.6) is 0 Å². The smallest absolute Gasteiger partial charge is 0.230 e. The van der Waals surface area contributed by atoms with Crippen molar-refractivity contribution in [1.82, 2.24) is 4.90 Å². The summed E-state index contributed by atoms with van der Waals surface area (Å²) < 4.78 is 0. The fourth-order valence-electron chi connectivity index (χ4n) is 3.39. The van der Waals surface area contributed by atoms with E-state index in [1.807, 2.05) is 23.1 Å². The van der Waals surface area contributed by atoms with Gasteiger partial charge in [-0.15, -0.1) is 0 Å². The van der Waals surface area contributed by atoms with Gasteiger partial charge in [0.05, 0.1) is 5.92 Å². The highest BCUT2D eigenvalue weighted by Gasteiger charge is 2.33. The van der Waals surface area contributed by atoms with Gasteiger partial charge in [-0.3, -0.25) is 4.79 Å². The van der Waals surface area contributed by atoms with Gasteiger partial charge in [-0.1, -0.05) is 57.5 Å². The zero-order valence-corrected chi connectivity index (χ0v) is 13.5. The van der Waals surface area contributed by atoms with E-state index in [1.165, 1.54) is 0 Å². The second-order valence-electron chi connectivity index (χ2n) is 6.62. The number of nitrogens with zero attached hydrogens (tertiary/aromatic N) is 1. The first-order chi connectivity index (χ1) is 10.0. The van der Waals surface area contributed by atoms with E-state index in [4.69, 9.17) is 5.73 Å². The number of likely N-dealkylation sites (tertiary alicyclic amines) is 1. The van der Waals surface area contributed by atoms with Crippen molar-refractivity contribution >= 4 is 5.91 Å². The SMILES string of the molecule is CCC(C)C(C(=O)N1CC(C)CC(N)C1)c1ccccc1. The predicted molar refractivity (Wildman–Crippen MR) is 87.0 cm³/mol. The largest absolute Gasteiger partial charge is 0.340 e. The van der Waals surface area contributed by atoms with Gasteiger partial charge in [0.15, 0.2) is 0 Å². The minimum Gasteiger partial charge on any atom is -0.340 e. The molecule has 3 nitrogen and oxygen atoms in total. The van der Waals surface area contributed by atoms with Crippen LogP contribution in [0.2, 0.25) is 0 Å². The fraction of sp³-hybridized carbons (Fsp3) is 0.611. The van der Waals surface area contributed by atoms with E-state index < -0.39 is 0 Å². The molecule has 1 aromatic rings. The number of benzene rings is 1. The van der Waals surface area contributed by atoms with Crippen molar-refractivity contribution < 1.29 is 4.79 Å². The number of hydrogen-bond donors (Lipinski definition) is 1. The molecule has 4 unspecified atom stereocenters. The highest BCUT2D eigenvalue weighted by molar-refractivity contribution is 5.84. The van der Waals surface area contributed by atoms with Crippen molar-refractivity contribution in [1.29, 1.82) is 0 Å². The maximum Gasteiger partial charge on any atom is 0.230 e. The van der Waals surface area contributed by atoms with Crippen LogP contribution in [0.3, 0.4) is 0 Å². The van der Waals surface area contributed by atoms with E-state index in [-0.39, 0.29) is 17.9 Å². The zero-order chi connectivity index (χ0) is 15.4. The van der Waals surface area contributed by atoms with E-state index in [9.17, 15) is 4.79 Å². The van der Waals surface area contributed by atoms with Crippen LogP contribution >= 0.6 is 0 Å². The highest BCUT2D eigenvalue weighted by atomic mass is 16.2. The molecule has 0 aromatic heterocycles. The van der Waals surface area contributed by atoms with Gasteiger partial charge in [0.1, 0.15) is 0 Å². The van der Waals surface area contributed by atoms with Gasteiger partial charge in [-0.25, -0.2) is 0 Å². The normalized spacial score (nSPS) is 25.4. The second kappa shape index (κ2) is 7.08. The van der Waals surface area contributed by atoms with Gasteiger partial charge >= 0.3 is 0 Å². The average Bonchev–Trinajstić information content (AvgIpc) is 2.47. The maximum atomic E-state index is 13.1. The lowest BCUT2D eigenvalue weighted by molar-refractivity contribution is -0.136. The number of carbonyl (C=O) groups excluding carboxylic acids is 1. The van der Waals surface area contributed by atoms with E-state index in [0.717, 1.165) is 24.9 Å². The quantitative estimate of drug-likeness (QED) is 0.925. The molecule has 0 bridgehead atoms. The van der Waals surface area contributed by atoms with Crippen LogP contribution in [0.25, 0.3) is 0 Å². The molecule has 0 radical (unpaired) electrons. The Labute approximate surface area is 128 Å². The number of amides is 1. The van der Waals surface area contributed by atoms with Crippen LogP contribution in [-0.2, 0) is 4.79 Å². The minimum atomic E-state index is -0.0475. The summed E-state index contributed by atoms with van der Waals surface area (Å²) >= 11 is 0. The van der Waals surface area contributed by atoms with Crippen molar-refractivity contribution in [2.24, 2.45) is 17.6 Å². The molecule has 1 aliphatic rings. The molecule has 0 spiro atoms. The van der Waals surface area contributed by atoms with Gasteiger partial charge in [0.25, 0.3) is 0 Å². The Morgan fingerprint density at radius 2 is 2.00 bits per heavy atom. The third kappa shape index (κ3) is 3.85. The van der Waals surface area contributed by atoms with E-state index in [1.54, 1.807) is 0 Å². The molecule has 0 saturated carbocycles. The topological polar surface area (TPSA) is 46.3 Å². The first kappa shape index (κ1) is 16.0. The van der Waals surface area contributed by atoms with Crippen LogP contribution in [-0.4, -0.2) is 29.9 Å². The third-order valence-corrected chi connectivity index (χ3v) is 4.64. The molecule has 116 valence electrons. The van der Waals surface area contributed by atoms with E-state index in [2.05, 4.69) is 32.9 Å². The van der Waals surface area contributed by atoms with Gasteiger partial charge in [-0.2, -0.15) is 0 Å². The Kier molecular flexibility index (Phi) is 5.40. The lowest BCUT2D eigenvalue weighted by Crippen LogP contribution is -2.50. The zero-order valence-electron chi connectivity index (χ0n) is 13.5. The van der Waals surface area contributed by atoms with Crippen molar-refractivity contribution in [3.63, 3.8) is 0 Å². The van der Waals surface area contributed by atoms with Gasteiger partial charge < -0.3 is 10.6 Å². The van der Waals surface area contributed by atoms with Gasteiger partial charge in [-0.05, 0) is 23.8 Å². The number of nitrogens with two attached hydrogens (primary N) is 1. The standard InChI is InChI=1S/C18H28N2O/c1-4-14(3)17(15-8-6-5-7-9-15)18(21)20-11-13(2)10-16(19)12-20/h5-9,13-14,16-17H,4,10-12,19H2,1-3H3. The van der Waals surface area contributed by atoms with Crippen LogP contribution in [0.15, 0.2) is 30.3 Å². The molecule has 1 aromatic carbocycles. The van der Waals surface area contributed by atoms with Crippen LogP contribution in [0, 0.1) is 11.8 Å². The summed E-state index contributed by atoms with van der Waals surface area (Å²) in [4.78, 5) is 15.0. The summed E-state index contributed by atoms with van der Waals surface area (Å²) in [6.45, 7) is 8.04. The van der Waals surface area contributed by atoms with E-state index in [0.29, 0.717) is 18.4 Å². The number of piperidine rings is 1. The monoisotopic (exact) mass is 288 g/mol. The van der Waals surface area contributed by atoms with E-state index >= 15 is 0 Å². The van der Waals surface area contributed by atoms with Crippen molar-refractivity contribution in [2.45, 2.75) is 45.6 Å². The molecule has 3 heteroatoms. The fourth-order valence-corrected chi connectivity index (χ4v) is 3.39. The number of hydrogen-bond acceptors (Lipinski definition) is 2. The Morgan fingerprint density at radius 3 is 2.57 bits per heavy atom. The summed E-state index contributed by atoms with van der Waals surface area (Å²) in [6, 6.07) is 10.3. The molecule has 4 atom stereocenters. The summed E-state index contributed by atoms with van der Waals surface area (Å²) in [5, 5.41) is 0. The predicted octanol–water partition coefficient (Wildman–Crippen LogP) is 3.01. The van der Waals surface area contributed by atoms with Crippen molar-refractivity contribution in [3.05, 3.63) is 35.9 Å². The van der Waals surface area contributed by atoms with Crippen LogP contribution < -0.4 is 5.73 Å². The number of carbonyl (C=O) groups is 1. The summed E-state index contributed by atoms with van der Waals surface area (Å²) in [7, 11) is 0. The van der Waals surface area contributed by atoms with Crippen LogP contribution in [0.4, 0.5) is 0 Å². The second-order valence-corrected chi connectivity index (χ2v) is 6.62. The molecule has 1 fully saturated rings. The molecular weight excluding hydrogens is 260 g/mol. The maximum absolute atomic E-state index is 13.1. The molecule has 1 aliphatic heterocycles. The van der Waals surface area contributed by atoms with Crippen molar-refractivity contribution in [3.8, 4) is 0 Å². The first-order valence-corrected chi connectivity index (χ1v) is 8.12. The average molecular weight is 288 g/mol. The minimum absolute atomic E-state index is 0.0475. The number of rotatable bonds is 4.